The van der Waals surface area contributed by atoms with Crippen LogP contribution in [0.2, 0.25) is 0 Å². The Labute approximate surface area is 99.3 Å². The molecule has 0 radical (unpaired) electrons. The summed E-state index contributed by atoms with van der Waals surface area (Å²) in [5, 5.41) is 16.3. The lowest BCUT2D eigenvalue weighted by molar-refractivity contribution is 0.443. The number of H-pyrrole nitrogens is 1. The molecule has 2 N–H and O–H groups in total. The average molecular weight is 234 g/mol. The third-order valence-electron chi connectivity index (χ3n) is 2.70. The molecule has 1 aromatic carbocycles. The van der Waals surface area contributed by atoms with E-state index in [4.69, 9.17) is 0 Å². The third kappa shape index (κ3) is 2.16. The van der Waals surface area contributed by atoms with Gasteiger partial charge in [0.25, 0.3) is 0 Å². The molecule has 3 nitrogen and oxygen atoms in total. The molecule has 90 valence electrons. The Balaban J connectivity index is 2.57. The van der Waals surface area contributed by atoms with Crippen LogP contribution in [0.25, 0.3) is 11.1 Å². The number of benzene rings is 1. The Bertz CT molecular complexity index is 527. The maximum Gasteiger partial charge on any atom is 0.131 e. The molecule has 0 fully saturated rings. The highest BCUT2D eigenvalue weighted by Crippen LogP contribution is 2.35. The summed E-state index contributed by atoms with van der Waals surface area (Å²) in [6.07, 6.45) is 3.11. The SMILES string of the molecule is CC(C)(C)c1cc(F)c(-c2cn[nH]c2)cc1O. The van der Waals surface area contributed by atoms with E-state index in [9.17, 15) is 9.50 Å². The molecule has 0 bridgehead atoms. The second kappa shape index (κ2) is 3.87. The molecule has 0 unspecified atom stereocenters. The summed E-state index contributed by atoms with van der Waals surface area (Å²) in [6, 6.07) is 2.83. The summed E-state index contributed by atoms with van der Waals surface area (Å²) in [7, 11) is 0. The van der Waals surface area contributed by atoms with Gasteiger partial charge in [0.1, 0.15) is 11.6 Å². The Kier molecular flexibility index (Phi) is 2.65. The lowest BCUT2D eigenvalue weighted by Crippen LogP contribution is -2.11. The summed E-state index contributed by atoms with van der Waals surface area (Å²) < 4.78 is 14.0. The van der Waals surface area contributed by atoms with Crippen LogP contribution < -0.4 is 0 Å². The van der Waals surface area contributed by atoms with Gasteiger partial charge in [0, 0.05) is 22.9 Å². The van der Waals surface area contributed by atoms with Gasteiger partial charge in [0.2, 0.25) is 0 Å². The number of halogens is 1. The molecule has 0 aliphatic heterocycles. The third-order valence-corrected chi connectivity index (χ3v) is 2.70. The van der Waals surface area contributed by atoms with Crippen LogP contribution in [0.4, 0.5) is 4.39 Å². The number of rotatable bonds is 1. The molecule has 0 aliphatic carbocycles. The van der Waals surface area contributed by atoms with Crippen molar-refractivity contribution in [3.8, 4) is 16.9 Å². The topological polar surface area (TPSA) is 48.9 Å². The van der Waals surface area contributed by atoms with Crippen molar-refractivity contribution in [2.75, 3.05) is 0 Å². The fourth-order valence-corrected chi connectivity index (χ4v) is 1.78. The standard InChI is InChI=1S/C13H15FN2O/c1-13(2,3)10-5-11(14)9(4-12(10)17)8-6-15-16-7-8/h4-7,17H,1-3H3,(H,15,16). The van der Waals surface area contributed by atoms with Gasteiger partial charge in [0.05, 0.1) is 6.20 Å². The van der Waals surface area contributed by atoms with Gasteiger partial charge in [-0.15, -0.1) is 0 Å². The van der Waals surface area contributed by atoms with E-state index >= 15 is 0 Å². The maximum absolute atomic E-state index is 14.0. The van der Waals surface area contributed by atoms with Gasteiger partial charge in [-0.2, -0.15) is 5.10 Å². The lowest BCUT2D eigenvalue weighted by Gasteiger charge is -2.21. The number of aromatic hydroxyl groups is 1. The number of nitrogens with zero attached hydrogens (tertiary/aromatic N) is 1. The minimum Gasteiger partial charge on any atom is -0.508 e. The maximum atomic E-state index is 14.0. The van der Waals surface area contributed by atoms with Gasteiger partial charge in [-0.05, 0) is 17.5 Å². The highest BCUT2D eigenvalue weighted by Gasteiger charge is 2.21. The average Bonchev–Trinajstić information content (AvgIpc) is 2.72. The van der Waals surface area contributed by atoms with Crippen LogP contribution in [0.1, 0.15) is 26.3 Å². The number of aromatic amines is 1. The summed E-state index contributed by atoms with van der Waals surface area (Å²) in [4.78, 5) is 0. The van der Waals surface area contributed by atoms with Gasteiger partial charge in [-0.3, -0.25) is 5.10 Å². The van der Waals surface area contributed by atoms with E-state index in [0.717, 1.165) is 0 Å². The Hall–Kier alpha value is -1.84. The van der Waals surface area contributed by atoms with E-state index in [1.807, 2.05) is 20.8 Å². The van der Waals surface area contributed by atoms with Crippen molar-refractivity contribution in [3.05, 3.63) is 35.9 Å². The number of nitrogens with one attached hydrogen (secondary N) is 1. The fourth-order valence-electron chi connectivity index (χ4n) is 1.78. The van der Waals surface area contributed by atoms with Crippen molar-refractivity contribution in [1.82, 2.24) is 10.2 Å². The minimum absolute atomic E-state index is 0.107. The van der Waals surface area contributed by atoms with Crippen molar-refractivity contribution in [3.63, 3.8) is 0 Å². The molecule has 2 aromatic rings. The predicted molar refractivity (Wildman–Crippen MR) is 64.3 cm³/mol. The van der Waals surface area contributed by atoms with E-state index in [1.165, 1.54) is 18.3 Å². The molecular weight excluding hydrogens is 219 g/mol. The van der Waals surface area contributed by atoms with Crippen molar-refractivity contribution in [2.45, 2.75) is 26.2 Å². The minimum atomic E-state index is -0.353. The van der Waals surface area contributed by atoms with Crippen molar-refractivity contribution in [1.29, 1.82) is 0 Å². The highest BCUT2D eigenvalue weighted by atomic mass is 19.1. The van der Waals surface area contributed by atoms with Crippen LogP contribution in [-0.4, -0.2) is 15.3 Å². The molecule has 0 spiro atoms. The molecule has 0 amide bonds. The molecule has 0 atom stereocenters. The number of hydrogen-bond donors (Lipinski definition) is 2. The van der Waals surface area contributed by atoms with Gasteiger partial charge >= 0.3 is 0 Å². The van der Waals surface area contributed by atoms with Crippen LogP contribution in [0, 0.1) is 5.82 Å². The van der Waals surface area contributed by atoms with Crippen LogP contribution in [0.3, 0.4) is 0 Å². The number of phenols is 1. The molecule has 0 aliphatic rings. The quantitative estimate of drug-likeness (QED) is 0.795. The van der Waals surface area contributed by atoms with E-state index in [1.54, 1.807) is 6.20 Å². The fraction of sp³-hybridized carbons (Fsp3) is 0.308. The zero-order valence-electron chi connectivity index (χ0n) is 10.1. The first kappa shape index (κ1) is 11.6. The molecule has 17 heavy (non-hydrogen) atoms. The Morgan fingerprint density at radius 3 is 2.53 bits per heavy atom. The number of hydrogen-bond acceptors (Lipinski definition) is 2. The molecule has 4 heteroatoms. The van der Waals surface area contributed by atoms with Gasteiger partial charge < -0.3 is 5.11 Å². The van der Waals surface area contributed by atoms with Crippen molar-refractivity contribution < 1.29 is 9.50 Å². The van der Waals surface area contributed by atoms with Crippen molar-refractivity contribution >= 4 is 0 Å². The van der Waals surface area contributed by atoms with E-state index in [-0.39, 0.29) is 17.0 Å². The number of phenolic OH excluding ortho intramolecular Hbond substituents is 1. The van der Waals surface area contributed by atoms with Gasteiger partial charge in [-0.1, -0.05) is 20.8 Å². The van der Waals surface area contributed by atoms with E-state index in [2.05, 4.69) is 10.2 Å². The van der Waals surface area contributed by atoms with Crippen LogP contribution in [0.5, 0.6) is 5.75 Å². The number of aromatic nitrogens is 2. The largest absolute Gasteiger partial charge is 0.508 e. The monoisotopic (exact) mass is 234 g/mol. The second-order valence-corrected chi connectivity index (χ2v) is 5.09. The second-order valence-electron chi connectivity index (χ2n) is 5.09. The first-order valence-corrected chi connectivity index (χ1v) is 5.42. The molecule has 1 heterocycles. The molecular formula is C13H15FN2O. The van der Waals surface area contributed by atoms with Gasteiger partial charge in [0.15, 0.2) is 0 Å². The summed E-state index contributed by atoms with van der Waals surface area (Å²) in [6.45, 7) is 5.79. The summed E-state index contributed by atoms with van der Waals surface area (Å²) >= 11 is 0. The van der Waals surface area contributed by atoms with Crippen molar-refractivity contribution in [2.24, 2.45) is 0 Å². The predicted octanol–water partition coefficient (Wildman–Crippen LogP) is 3.22. The molecule has 0 saturated carbocycles. The zero-order chi connectivity index (χ0) is 12.6. The zero-order valence-corrected chi connectivity index (χ0v) is 10.1. The molecule has 2 rings (SSSR count). The Morgan fingerprint density at radius 1 is 1.29 bits per heavy atom. The normalized spacial score (nSPS) is 11.8. The van der Waals surface area contributed by atoms with Crippen LogP contribution >= 0.6 is 0 Å². The Morgan fingerprint density at radius 2 is 2.00 bits per heavy atom. The smallest absolute Gasteiger partial charge is 0.131 e. The first-order valence-electron chi connectivity index (χ1n) is 5.42. The molecule has 0 saturated heterocycles. The van der Waals surface area contributed by atoms with E-state index < -0.39 is 0 Å². The molecule has 1 aromatic heterocycles. The van der Waals surface area contributed by atoms with Crippen LogP contribution in [0.15, 0.2) is 24.5 Å². The van der Waals surface area contributed by atoms with Crippen LogP contribution in [-0.2, 0) is 5.41 Å². The van der Waals surface area contributed by atoms with E-state index in [0.29, 0.717) is 16.7 Å². The first-order chi connectivity index (χ1) is 7.89. The van der Waals surface area contributed by atoms with Gasteiger partial charge in [-0.25, -0.2) is 4.39 Å². The summed E-state index contributed by atoms with van der Waals surface area (Å²) in [5.74, 6) is -0.246. The lowest BCUT2D eigenvalue weighted by atomic mass is 9.85. The summed E-state index contributed by atoms with van der Waals surface area (Å²) in [5.41, 5.74) is 1.28. The highest BCUT2D eigenvalue weighted by molar-refractivity contribution is 5.65.